The molecule has 0 aliphatic carbocycles. The number of fused-ring (bicyclic) bond motifs is 1. The third kappa shape index (κ3) is 4.29. The first-order chi connectivity index (χ1) is 15.8. The third-order valence-corrected chi connectivity index (χ3v) is 5.34. The van der Waals surface area contributed by atoms with Crippen LogP contribution in [0.5, 0.6) is 0 Å². The maximum Gasteiger partial charge on any atom is 0.269 e. The Labute approximate surface area is 197 Å². The van der Waals surface area contributed by atoms with Crippen LogP contribution in [-0.4, -0.2) is 27.8 Å². The number of halogens is 1. The van der Waals surface area contributed by atoms with E-state index in [4.69, 9.17) is 23.8 Å². The van der Waals surface area contributed by atoms with Crippen LogP contribution < -0.4 is 15.5 Å². The van der Waals surface area contributed by atoms with Crippen molar-refractivity contribution in [2.24, 2.45) is 0 Å². The molecule has 0 bridgehead atoms. The van der Waals surface area contributed by atoms with Gasteiger partial charge in [-0.1, -0.05) is 23.7 Å². The molecule has 0 spiro atoms. The summed E-state index contributed by atoms with van der Waals surface area (Å²) in [5, 5.41) is 16.0. The van der Waals surface area contributed by atoms with Gasteiger partial charge in [0, 0.05) is 17.7 Å². The monoisotopic (exact) mass is 480 g/mol. The fraction of sp³-hybridized carbons (Fsp3) is 0. The molecule has 0 unspecified atom stereocenters. The van der Waals surface area contributed by atoms with E-state index in [1.54, 1.807) is 24.3 Å². The van der Waals surface area contributed by atoms with Gasteiger partial charge >= 0.3 is 0 Å². The molecule has 0 atom stereocenters. The molecule has 2 N–H and O–H groups in total. The highest BCUT2D eigenvalue weighted by molar-refractivity contribution is 7.80. The van der Waals surface area contributed by atoms with Gasteiger partial charge < -0.3 is 5.32 Å². The molecule has 1 heterocycles. The summed E-state index contributed by atoms with van der Waals surface area (Å²) in [7, 11) is 0. The Hall–Kier alpha value is -4.15. The van der Waals surface area contributed by atoms with Gasteiger partial charge in [-0.3, -0.25) is 29.8 Å². The number of non-ortho nitro benzene ring substituents is 1. The van der Waals surface area contributed by atoms with Crippen LogP contribution in [-0.2, 0) is 0 Å². The van der Waals surface area contributed by atoms with Gasteiger partial charge in [0.05, 0.1) is 32.4 Å². The van der Waals surface area contributed by atoms with E-state index in [1.807, 2.05) is 0 Å². The summed E-state index contributed by atoms with van der Waals surface area (Å²) >= 11 is 11.4. The number of amides is 3. The normalized spacial score (nSPS) is 12.3. The molecule has 164 valence electrons. The highest BCUT2D eigenvalue weighted by Gasteiger charge is 2.36. The predicted octanol–water partition coefficient (Wildman–Crippen LogP) is 4.18. The number of hydrogen-bond donors (Lipinski definition) is 2. The number of thiocarbonyl (C=S) groups is 1. The second-order valence-electron chi connectivity index (χ2n) is 6.87. The van der Waals surface area contributed by atoms with Crippen LogP contribution in [0, 0.1) is 10.1 Å². The van der Waals surface area contributed by atoms with Crippen LogP contribution in [0.2, 0.25) is 5.02 Å². The number of nitro benzene ring substituents is 1. The summed E-state index contributed by atoms with van der Waals surface area (Å²) in [6.45, 7) is 0. The van der Waals surface area contributed by atoms with Crippen molar-refractivity contribution in [2.45, 2.75) is 0 Å². The molecule has 9 nitrogen and oxygen atoms in total. The number of benzene rings is 3. The maximum atomic E-state index is 12.6. The highest BCUT2D eigenvalue weighted by atomic mass is 35.5. The first-order valence-electron chi connectivity index (χ1n) is 9.40. The lowest BCUT2D eigenvalue weighted by Gasteiger charge is -2.16. The molecule has 1 aliphatic heterocycles. The minimum Gasteiger partial charge on any atom is -0.331 e. The number of nitro groups is 1. The predicted molar refractivity (Wildman–Crippen MR) is 126 cm³/mol. The number of nitrogens with one attached hydrogen (secondary N) is 2. The lowest BCUT2D eigenvalue weighted by molar-refractivity contribution is -0.384. The summed E-state index contributed by atoms with van der Waals surface area (Å²) in [6.07, 6.45) is 0. The minimum absolute atomic E-state index is 0.0614. The molecule has 1 aliphatic rings. The van der Waals surface area contributed by atoms with E-state index in [2.05, 4.69) is 10.6 Å². The van der Waals surface area contributed by atoms with Crippen LogP contribution in [0.3, 0.4) is 0 Å². The van der Waals surface area contributed by atoms with Crippen LogP contribution in [0.15, 0.2) is 66.7 Å². The van der Waals surface area contributed by atoms with E-state index < -0.39 is 22.6 Å². The van der Waals surface area contributed by atoms with Crippen LogP contribution in [0.25, 0.3) is 0 Å². The molecule has 0 saturated carbocycles. The van der Waals surface area contributed by atoms with Crippen molar-refractivity contribution >= 4 is 63.7 Å². The Morgan fingerprint density at radius 2 is 1.58 bits per heavy atom. The molecule has 0 saturated heterocycles. The molecule has 0 aromatic heterocycles. The fourth-order valence-electron chi connectivity index (χ4n) is 3.23. The second-order valence-corrected chi connectivity index (χ2v) is 7.68. The smallest absolute Gasteiger partial charge is 0.269 e. The number of carbonyl (C=O) groups excluding carboxylic acids is 3. The number of carbonyl (C=O) groups is 3. The summed E-state index contributed by atoms with van der Waals surface area (Å²) in [4.78, 5) is 48.8. The molecular weight excluding hydrogens is 468 g/mol. The quantitative estimate of drug-likeness (QED) is 0.248. The molecule has 0 radical (unpaired) electrons. The van der Waals surface area contributed by atoms with Crippen molar-refractivity contribution < 1.29 is 19.3 Å². The van der Waals surface area contributed by atoms with Gasteiger partial charge in [-0.25, -0.2) is 4.90 Å². The van der Waals surface area contributed by atoms with E-state index in [9.17, 15) is 24.5 Å². The van der Waals surface area contributed by atoms with Crippen LogP contribution in [0.4, 0.5) is 17.1 Å². The van der Waals surface area contributed by atoms with Gasteiger partial charge in [0.15, 0.2) is 5.11 Å². The van der Waals surface area contributed by atoms with Crippen LogP contribution in [0.1, 0.15) is 31.1 Å². The summed E-state index contributed by atoms with van der Waals surface area (Å²) in [5.41, 5.74) is 1.30. The van der Waals surface area contributed by atoms with Crippen molar-refractivity contribution in [3.05, 3.63) is 98.6 Å². The first-order valence-corrected chi connectivity index (χ1v) is 10.2. The van der Waals surface area contributed by atoms with Crippen molar-refractivity contribution in [1.82, 2.24) is 5.32 Å². The number of imide groups is 1. The second kappa shape index (κ2) is 8.77. The number of anilines is 2. The standard InChI is InChI=1S/C22H13ClN4O5S/c23-17-11-14(26-20(29)15-3-1-2-4-16(15)21(26)30)9-10-18(17)24-22(33)25-19(28)12-5-7-13(8-6-12)27(31)32/h1-11H,(H2,24,25,28,33). The van der Waals surface area contributed by atoms with E-state index in [1.165, 1.54) is 42.5 Å². The summed E-state index contributed by atoms with van der Waals surface area (Å²) in [5.74, 6) is -1.46. The molecule has 3 aromatic carbocycles. The number of hydrogen-bond acceptors (Lipinski definition) is 6. The zero-order chi connectivity index (χ0) is 23.7. The SMILES string of the molecule is O=C(NC(=S)Nc1ccc(N2C(=O)c3ccccc3C2=O)cc1Cl)c1ccc([N+](=O)[O-])cc1. The Bertz CT molecular complexity index is 1310. The van der Waals surface area contributed by atoms with Crippen molar-refractivity contribution in [1.29, 1.82) is 0 Å². The van der Waals surface area contributed by atoms with Gasteiger partial charge in [0.2, 0.25) is 0 Å². The van der Waals surface area contributed by atoms with E-state index in [0.29, 0.717) is 16.8 Å². The van der Waals surface area contributed by atoms with E-state index in [0.717, 1.165) is 4.90 Å². The van der Waals surface area contributed by atoms with Gasteiger partial charge in [0.25, 0.3) is 23.4 Å². The molecule has 0 fully saturated rings. The van der Waals surface area contributed by atoms with Gasteiger partial charge in [-0.2, -0.15) is 0 Å². The van der Waals surface area contributed by atoms with E-state index in [-0.39, 0.29) is 27.1 Å². The maximum absolute atomic E-state index is 12.6. The Kier molecular flexibility index (Phi) is 5.86. The molecule has 4 rings (SSSR count). The average molecular weight is 481 g/mol. The minimum atomic E-state index is -0.568. The molecule has 11 heteroatoms. The number of rotatable bonds is 4. The third-order valence-electron chi connectivity index (χ3n) is 4.82. The lowest BCUT2D eigenvalue weighted by Crippen LogP contribution is -2.34. The lowest BCUT2D eigenvalue weighted by atomic mass is 10.1. The highest BCUT2D eigenvalue weighted by Crippen LogP contribution is 2.32. The van der Waals surface area contributed by atoms with Crippen molar-refractivity contribution in [2.75, 3.05) is 10.2 Å². The van der Waals surface area contributed by atoms with Gasteiger partial charge in [-0.05, 0) is 54.7 Å². The summed E-state index contributed by atoms with van der Waals surface area (Å²) in [6, 6.07) is 16.0. The first kappa shape index (κ1) is 22.1. The molecule has 3 aromatic rings. The zero-order valence-corrected chi connectivity index (χ0v) is 18.1. The fourth-order valence-corrected chi connectivity index (χ4v) is 3.66. The molecular formula is C22H13ClN4O5S. The number of nitrogens with zero attached hydrogens (tertiary/aromatic N) is 2. The Morgan fingerprint density at radius 3 is 2.12 bits per heavy atom. The summed E-state index contributed by atoms with van der Waals surface area (Å²) < 4.78 is 0. The van der Waals surface area contributed by atoms with E-state index >= 15 is 0 Å². The Morgan fingerprint density at radius 1 is 0.970 bits per heavy atom. The van der Waals surface area contributed by atoms with Crippen molar-refractivity contribution in [3.8, 4) is 0 Å². The average Bonchev–Trinajstić information content (AvgIpc) is 3.05. The van der Waals surface area contributed by atoms with Gasteiger partial charge in [0.1, 0.15) is 0 Å². The zero-order valence-electron chi connectivity index (χ0n) is 16.6. The van der Waals surface area contributed by atoms with Gasteiger partial charge in [-0.15, -0.1) is 0 Å². The largest absolute Gasteiger partial charge is 0.331 e. The van der Waals surface area contributed by atoms with Crippen molar-refractivity contribution in [3.63, 3.8) is 0 Å². The molecule has 3 amide bonds. The topological polar surface area (TPSA) is 122 Å². The molecule has 33 heavy (non-hydrogen) atoms. The van der Waals surface area contributed by atoms with Crippen LogP contribution >= 0.6 is 23.8 Å². The Balaban J connectivity index is 1.45.